The Morgan fingerprint density at radius 3 is 2.62 bits per heavy atom. The quantitative estimate of drug-likeness (QED) is 0.480. The minimum atomic E-state index is -0.264. The maximum absolute atomic E-state index is 11.3. The first kappa shape index (κ1) is 10.1. The molecule has 1 aliphatic heterocycles. The molecule has 1 fully saturated rings. The van der Waals surface area contributed by atoms with Gasteiger partial charge < -0.3 is 15.4 Å². The van der Waals surface area contributed by atoms with E-state index < -0.39 is 0 Å². The van der Waals surface area contributed by atoms with Crippen molar-refractivity contribution in [3.8, 4) is 0 Å². The summed E-state index contributed by atoms with van der Waals surface area (Å²) in [5.41, 5.74) is 1.79. The van der Waals surface area contributed by atoms with Crippen LogP contribution in [-0.4, -0.2) is 33.2 Å². The van der Waals surface area contributed by atoms with Crippen LogP contribution in [0.1, 0.15) is 14.3 Å². The third-order valence-corrected chi connectivity index (χ3v) is 2.20. The molecule has 1 aliphatic rings. The maximum Gasteiger partial charge on any atom is 0.354 e. The van der Waals surface area contributed by atoms with Crippen molar-refractivity contribution in [1.82, 2.24) is 10.6 Å². The molecule has 0 amide bonds. The lowest BCUT2D eigenvalue weighted by molar-refractivity contribution is -0.136. The van der Waals surface area contributed by atoms with E-state index in [1.807, 2.05) is 0 Å². The van der Waals surface area contributed by atoms with E-state index in [-0.39, 0.29) is 7.40 Å². The molecule has 0 unspecified atom stereocenters. The van der Waals surface area contributed by atoms with Crippen LogP contribution in [0.5, 0.6) is 0 Å². The Kier molecular flexibility index (Phi) is 3.76. The molecular weight excluding hydrogens is 168 g/mol. The summed E-state index contributed by atoms with van der Waals surface area (Å²) < 4.78 is 4.68. The summed E-state index contributed by atoms with van der Waals surface area (Å²) in [5, 5.41) is 6.14. The molecule has 4 nitrogen and oxygen atoms in total. The second-order valence-electron chi connectivity index (χ2n) is 2.97. The van der Waals surface area contributed by atoms with E-state index in [1.165, 1.54) is 7.11 Å². The molecule has 76 valence electrons. The number of carbonyl (C=O) groups excluding carboxylic acids is 1. The fraction of sp³-hybridized carbons (Fsp3) is 0.667. The summed E-state index contributed by atoms with van der Waals surface area (Å²) in [6.07, 6.45) is 1.84. The van der Waals surface area contributed by atoms with Crippen LogP contribution >= 0.6 is 0 Å². The smallest absolute Gasteiger partial charge is 0.354 e. The van der Waals surface area contributed by atoms with Crippen LogP contribution in [0.4, 0.5) is 0 Å². The minimum Gasteiger partial charge on any atom is -0.464 e. The highest BCUT2D eigenvalue weighted by Crippen LogP contribution is 2.14. The van der Waals surface area contributed by atoms with Crippen molar-refractivity contribution in [2.75, 3.05) is 27.2 Å². The Hall–Kier alpha value is -1.03. The van der Waals surface area contributed by atoms with Gasteiger partial charge in [-0.25, -0.2) is 4.79 Å². The molecule has 0 saturated carbocycles. The van der Waals surface area contributed by atoms with Crippen molar-refractivity contribution >= 4 is 5.97 Å². The molecule has 0 aromatic carbocycles. The van der Waals surface area contributed by atoms with Gasteiger partial charge in [0.05, 0.1) is 7.11 Å². The van der Waals surface area contributed by atoms with Gasteiger partial charge in [-0.05, 0) is 31.5 Å². The van der Waals surface area contributed by atoms with E-state index in [9.17, 15) is 4.79 Å². The lowest BCUT2D eigenvalue weighted by Crippen LogP contribution is -2.28. The molecule has 1 saturated heterocycles. The van der Waals surface area contributed by atoms with Gasteiger partial charge in [0.2, 0.25) is 0 Å². The number of esters is 1. The largest absolute Gasteiger partial charge is 0.464 e. The van der Waals surface area contributed by atoms with Crippen LogP contribution in [0, 0.1) is 0 Å². The van der Waals surface area contributed by atoms with Gasteiger partial charge in [0.25, 0.3) is 0 Å². The Bertz CT molecular complexity index is 221. The second-order valence-corrected chi connectivity index (χ2v) is 2.97. The van der Waals surface area contributed by atoms with E-state index in [0.29, 0.717) is 5.70 Å². The summed E-state index contributed by atoms with van der Waals surface area (Å²) in [6, 6.07) is 0. The Balaban J connectivity index is 0.00000169. The highest BCUT2D eigenvalue weighted by molar-refractivity contribution is 5.88. The Morgan fingerprint density at radius 2 is 2.15 bits per heavy atom. The standard InChI is InChI=1S/C9H16N2O2.H2/c1-10-8(9(12)13-2)7-3-5-11-6-4-7;/h10-11H,3-6H2,1-2H3;1H. The topological polar surface area (TPSA) is 50.4 Å². The zero-order valence-corrected chi connectivity index (χ0v) is 8.14. The Morgan fingerprint density at radius 1 is 1.54 bits per heavy atom. The highest BCUT2D eigenvalue weighted by Gasteiger charge is 2.16. The molecule has 0 spiro atoms. The zero-order chi connectivity index (χ0) is 9.68. The fourth-order valence-corrected chi connectivity index (χ4v) is 1.50. The van der Waals surface area contributed by atoms with Crippen molar-refractivity contribution in [1.29, 1.82) is 0 Å². The number of carbonyl (C=O) groups is 1. The van der Waals surface area contributed by atoms with Gasteiger partial charge in [0.1, 0.15) is 5.70 Å². The number of methoxy groups -OCH3 is 1. The summed E-state index contributed by atoms with van der Waals surface area (Å²) in [7, 11) is 3.16. The van der Waals surface area contributed by atoms with Crippen molar-refractivity contribution < 1.29 is 11.0 Å². The molecule has 0 atom stereocenters. The number of ether oxygens (including phenoxy) is 1. The first-order chi connectivity index (χ1) is 6.29. The SMILES string of the molecule is CNC(C(=O)OC)=C1CCNCC1.[HH]. The van der Waals surface area contributed by atoms with Crippen LogP contribution in [0.3, 0.4) is 0 Å². The molecule has 0 aromatic heterocycles. The predicted molar refractivity (Wildman–Crippen MR) is 52.3 cm³/mol. The third-order valence-electron chi connectivity index (χ3n) is 2.20. The zero-order valence-electron chi connectivity index (χ0n) is 8.14. The number of rotatable bonds is 2. The molecule has 1 rings (SSSR count). The molecule has 1 heterocycles. The second kappa shape index (κ2) is 4.87. The molecule has 2 N–H and O–H groups in total. The molecule has 0 bridgehead atoms. The normalized spacial score (nSPS) is 16.6. The van der Waals surface area contributed by atoms with Gasteiger partial charge in [-0.1, -0.05) is 0 Å². The summed E-state index contributed by atoms with van der Waals surface area (Å²) in [4.78, 5) is 11.3. The van der Waals surface area contributed by atoms with Gasteiger partial charge >= 0.3 is 5.97 Å². The first-order valence-corrected chi connectivity index (χ1v) is 4.48. The van der Waals surface area contributed by atoms with E-state index >= 15 is 0 Å². The van der Waals surface area contributed by atoms with Gasteiger partial charge in [-0.15, -0.1) is 0 Å². The predicted octanol–water partition coefficient (Wildman–Crippen LogP) is 0.262. The summed E-state index contributed by atoms with van der Waals surface area (Å²) >= 11 is 0. The molecular formula is C9H18N2O2. The number of hydrogen-bond acceptors (Lipinski definition) is 4. The van der Waals surface area contributed by atoms with Gasteiger partial charge in [0.15, 0.2) is 0 Å². The number of nitrogens with one attached hydrogen (secondary N) is 2. The summed E-state index contributed by atoms with van der Waals surface area (Å²) in [6.45, 7) is 1.88. The van der Waals surface area contributed by atoms with Crippen molar-refractivity contribution in [2.45, 2.75) is 12.8 Å². The van der Waals surface area contributed by atoms with Crippen molar-refractivity contribution in [3.63, 3.8) is 0 Å². The van der Waals surface area contributed by atoms with Crippen LogP contribution in [0.2, 0.25) is 0 Å². The lowest BCUT2D eigenvalue weighted by atomic mass is 10.0. The molecule has 0 aromatic rings. The maximum atomic E-state index is 11.3. The van der Waals surface area contributed by atoms with Gasteiger partial charge in [0, 0.05) is 8.47 Å². The van der Waals surface area contributed by atoms with E-state index in [1.54, 1.807) is 7.05 Å². The third kappa shape index (κ3) is 2.45. The first-order valence-electron chi connectivity index (χ1n) is 4.48. The average molecular weight is 186 g/mol. The highest BCUT2D eigenvalue weighted by atomic mass is 16.5. The molecule has 0 radical (unpaired) electrons. The Labute approximate surface area is 79.8 Å². The van der Waals surface area contributed by atoms with Gasteiger partial charge in [-0.2, -0.15) is 0 Å². The van der Waals surface area contributed by atoms with E-state index in [0.717, 1.165) is 31.5 Å². The van der Waals surface area contributed by atoms with Crippen LogP contribution < -0.4 is 10.6 Å². The van der Waals surface area contributed by atoms with Crippen LogP contribution in [0.15, 0.2) is 11.3 Å². The molecule has 0 aliphatic carbocycles. The van der Waals surface area contributed by atoms with Crippen molar-refractivity contribution in [3.05, 3.63) is 11.3 Å². The van der Waals surface area contributed by atoms with E-state index in [2.05, 4.69) is 15.4 Å². The lowest BCUT2D eigenvalue weighted by Gasteiger charge is -2.18. The number of hydrogen-bond donors (Lipinski definition) is 2. The van der Waals surface area contributed by atoms with Crippen molar-refractivity contribution in [2.24, 2.45) is 0 Å². The fourth-order valence-electron chi connectivity index (χ4n) is 1.50. The van der Waals surface area contributed by atoms with Crippen LogP contribution in [0.25, 0.3) is 0 Å². The number of likely N-dealkylation sites (N-methyl/N-ethyl adjacent to an activating group) is 1. The van der Waals surface area contributed by atoms with Crippen LogP contribution in [-0.2, 0) is 9.53 Å². The molecule has 4 heteroatoms. The minimum absolute atomic E-state index is 0. The number of piperidine rings is 1. The average Bonchev–Trinajstić information content (AvgIpc) is 2.20. The monoisotopic (exact) mass is 186 g/mol. The molecule has 13 heavy (non-hydrogen) atoms. The van der Waals surface area contributed by atoms with E-state index in [4.69, 9.17) is 0 Å². The van der Waals surface area contributed by atoms with Gasteiger partial charge in [-0.3, -0.25) is 0 Å². The summed E-state index contributed by atoms with van der Waals surface area (Å²) in [5.74, 6) is -0.264.